The first kappa shape index (κ1) is 21.5. The fraction of sp³-hybridized carbons (Fsp3) is 0.167. The zero-order valence-electron chi connectivity index (χ0n) is 17.9. The van der Waals surface area contributed by atoms with E-state index in [-0.39, 0.29) is 23.7 Å². The highest BCUT2D eigenvalue weighted by Crippen LogP contribution is 2.24. The minimum atomic E-state index is -0.314. The quantitative estimate of drug-likeness (QED) is 0.432. The van der Waals surface area contributed by atoms with E-state index in [0.717, 1.165) is 16.8 Å². The topological polar surface area (TPSA) is 96.8 Å². The number of carbonyl (C=O) groups excluding carboxylic acids is 2. The molecule has 162 valence electrons. The minimum absolute atomic E-state index is 0.0425. The summed E-state index contributed by atoms with van der Waals surface area (Å²) in [5.74, 6) is -0.356. The van der Waals surface area contributed by atoms with Crippen LogP contribution in [0.25, 0.3) is 16.4 Å². The van der Waals surface area contributed by atoms with Gasteiger partial charge in [-0.1, -0.05) is 29.8 Å². The molecule has 32 heavy (non-hydrogen) atoms. The number of aryl methyl sites for hydroxylation is 2. The van der Waals surface area contributed by atoms with E-state index in [1.165, 1.54) is 22.9 Å². The van der Waals surface area contributed by atoms with E-state index in [0.29, 0.717) is 27.6 Å². The Morgan fingerprint density at radius 2 is 1.75 bits per heavy atom. The summed E-state index contributed by atoms with van der Waals surface area (Å²) in [6.07, 6.45) is -0.0706. The van der Waals surface area contributed by atoms with E-state index in [2.05, 4.69) is 15.4 Å². The number of Topliss-reactive ketones (excluding diaryl/α,β-unsaturated/α-hetero) is 1. The summed E-state index contributed by atoms with van der Waals surface area (Å²) in [7, 11) is 0. The highest BCUT2D eigenvalue weighted by molar-refractivity contribution is 7.12. The van der Waals surface area contributed by atoms with Gasteiger partial charge < -0.3 is 5.32 Å². The van der Waals surface area contributed by atoms with E-state index in [9.17, 15) is 14.4 Å². The lowest BCUT2D eigenvalue weighted by Crippen LogP contribution is -2.22. The van der Waals surface area contributed by atoms with Gasteiger partial charge in [0.15, 0.2) is 5.78 Å². The average Bonchev–Trinajstić information content (AvgIpc) is 3.35. The van der Waals surface area contributed by atoms with Gasteiger partial charge in [-0.3, -0.25) is 19.5 Å². The normalized spacial score (nSPS) is 10.8. The molecular formula is C24H22N4O3S. The van der Waals surface area contributed by atoms with Gasteiger partial charge in [0.2, 0.25) is 11.0 Å². The van der Waals surface area contributed by atoms with Crippen LogP contribution in [0.3, 0.4) is 0 Å². The molecule has 0 atom stereocenters. The predicted octanol–water partition coefficient (Wildman–Crippen LogP) is 4.29. The van der Waals surface area contributed by atoms with Gasteiger partial charge in [-0.25, -0.2) is 4.98 Å². The fourth-order valence-electron chi connectivity index (χ4n) is 3.30. The Bertz CT molecular complexity index is 1350. The van der Waals surface area contributed by atoms with E-state index < -0.39 is 0 Å². The van der Waals surface area contributed by atoms with Crippen molar-refractivity contribution in [2.24, 2.45) is 0 Å². The molecule has 1 amide bonds. The van der Waals surface area contributed by atoms with Crippen molar-refractivity contribution < 1.29 is 9.59 Å². The highest BCUT2D eigenvalue weighted by atomic mass is 32.1. The molecule has 0 aliphatic carbocycles. The summed E-state index contributed by atoms with van der Waals surface area (Å²) in [6.45, 7) is 5.27. The number of H-pyrrole nitrogens is 1. The minimum Gasteiger partial charge on any atom is -0.326 e. The smallest absolute Gasteiger partial charge is 0.277 e. The number of nitrogens with zero attached hydrogens (tertiary/aromatic N) is 2. The molecule has 0 aliphatic heterocycles. The number of hydrogen-bond acceptors (Lipinski definition) is 5. The third kappa shape index (κ3) is 4.45. The number of aromatic amines is 1. The number of benzene rings is 2. The van der Waals surface area contributed by atoms with Crippen LogP contribution in [-0.2, 0) is 11.2 Å². The summed E-state index contributed by atoms with van der Waals surface area (Å²) in [5, 5.41) is 8.21. The molecule has 2 N–H and O–H groups in total. The third-order valence-electron chi connectivity index (χ3n) is 5.14. The van der Waals surface area contributed by atoms with Crippen LogP contribution < -0.4 is 10.9 Å². The first-order chi connectivity index (χ1) is 15.3. The predicted molar refractivity (Wildman–Crippen MR) is 126 cm³/mol. The Hall–Kier alpha value is -3.78. The van der Waals surface area contributed by atoms with Crippen LogP contribution in [0.2, 0.25) is 0 Å². The van der Waals surface area contributed by atoms with Crippen molar-refractivity contribution in [1.82, 2.24) is 14.8 Å². The van der Waals surface area contributed by atoms with Crippen LogP contribution in [0.15, 0.2) is 58.7 Å². The van der Waals surface area contributed by atoms with Gasteiger partial charge in [-0.15, -0.1) is 11.3 Å². The molecule has 0 saturated heterocycles. The number of ketones is 1. The van der Waals surface area contributed by atoms with Crippen molar-refractivity contribution in [3.8, 4) is 16.4 Å². The molecule has 8 heteroatoms. The van der Waals surface area contributed by atoms with Gasteiger partial charge in [0.05, 0.1) is 12.1 Å². The number of hydrogen-bond donors (Lipinski definition) is 2. The molecule has 0 aliphatic rings. The summed E-state index contributed by atoms with van der Waals surface area (Å²) in [5.41, 5.74) is 4.77. The number of amides is 1. The molecule has 0 unspecified atom stereocenters. The molecule has 7 nitrogen and oxygen atoms in total. The van der Waals surface area contributed by atoms with E-state index in [4.69, 9.17) is 0 Å². The van der Waals surface area contributed by atoms with Crippen LogP contribution >= 0.6 is 11.3 Å². The molecular weight excluding hydrogens is 424 g/mol. The third-order valence-corrected chi connectivity index (χ3v) is 5.96. The Morgan fingerprint density at radius 3 is 2.41 bits per heavy atom. The molecule has 4 rings (SSSR count). The number of nitrogens with one attached hydrogen (secondary N) is 2. The van der Waals surface area contributed by atoms with Crippen molar-refractivity contribution in [1.29, 1.82) is 0 Å². The van der Waals surface area contributed by atoms with Crippen molar-refractivity contribution in [3.05, 3.63) is 86.6 Å². The zero-order chi connectivity index (χ0) is 22.8. The monoisotopic (exact) mass is 446 g/mol. The van der Waals surface area contributed by atoms with E-state index in [1.54, 1.807) is 31.2 Å². The van der Waals surface area contributed by atoms with Crippen molar-refractivity contribution >= 4 is 28.7 Å². The van der Waals surface area contributed by atoms with Gasteiger partial charge in [-0.2, -0.15) is 4.68 Å². The van der Waals surface area contributed by atoms with Gasteiger partial charge in [0.25, 0.3) is 5.56 Å². The van der Waals surface area contributed by atoms with Crippen molar-refractivity contribution in [3.63, 3.8) is 0 Å². The molecule has 2 aromatic heterocycles. The Balaban J connectivity index is 1.52. The second kappa shape index (κ2) is 8.76. The van der Waals surface area contributed by atoms with Gasteiger partial charge in [0.1, 0.15) is 0 Å². The molecule has 2 aromatic carbocycles. The van der Waals surface area contributed by atoms with Crippen LogP contribution in [-0.4, -0.2) is 26.5 Å². The number of anilines is 1. The molecule has 2 heterocycles. The van der Waals surface area contributed by atoms with Crippen LogP contribution in [0.1, 0.15) is 34.1 Å². The Morgan fingerprint density at radius 1 is 1.06 bits per heavy atom. The highest BCUT2D eigenvalue weighted by Gasteiger charge is 2.18. The zero-order valence-corrected chi connectivity index (χ0v) is 18.7. The molecule has 0 spiro atoms. The average molecular weight is 447 g/mol. The maximum atomic E-state index is 13.0. The van der Waals surface area contributed by atoms with E-state index >= 15 is 0 Å². The molecule has 0 fully saturated rings. The number of thiazole rings is 1. The lowest BCUT2D eigenvalue weighted by Gasteiger charge is -2.05. The summed E-state index contributed by atoms with van der Waals surface area (Å²) in [6, 6.07) is 14.7. The van der Waals surface area contributed by atoms with Crippen molar-refractivity contribution in [2.75, 3.05) is 5.32 Å². The van der Waals surface area contributed by atoms with Crippen molar-refractivity contribution in [2.45, 2.75) is 27.2 Å². The van der Waals surface area contributed by atoms with Crippen LogP contribution in [0.4, 0.5) is 5.69 Å². The first-order valence-electron chi connectivity index (χ1n) is 10.1. The molecule has 0 radical (unpaired) electrons. The Kier molecular flexibility index (Phi) is 5.87. The molecule has 0 saturated carbocycles. The maximum absolute atomic E-state index is 13.0. The van der Waals surface area contributed by atoms with Crippen LogP contribution in [0, 0.1) is 13.8 Å². The number of aromatic nitrogens is 3. The number of carbonyl (C=O) groups is 2. The van der Waals surface area contributed by atoms with Gasteiger partial charge >= 0.3 is 0 Å². The van der Waals surface area contributed by atoms with Crippen LogP contribution in [0.5, 0.6) is 0 Å². The lowest BCUT2D eigenvalue weighted by molar-refractivity contribution is -0.115. The van der Waals surface area contributed by atoms with Gasteiger partial charge in [0, 0.05) is 33.5 Å². The fourth-order valence-corrected chi connectivity index (χ4v) is 4.09. The van der Waals surface area contributed by atoms with Gasteiger partial charge in [-0.05, 0) is 45.0 Å². The first-order valence-corrected chi connectivity index (χ1v) is 10.9. The lowest BCUT2D eigenvalue weighted by atomic mass is 10.1. The summed E-state index contributed by atoms with van der Waals surface area (Å²) in [4.78, 5) is 41.4. The summed E-state index contributed by atoms with van der Waals surface area (Å²) < 4.78 is 1.38. The molecule has 0 bridgehead atoms. The molecule has 4 aromatic rings. The SMILES string of the molecule is CC(=O)c1ccc(NC(=O)Cc2c(C)[nH]n(-c3nc(-c4ccc(C)cc4)cs3)c2=O)cc1. The largest absolute Gasteiger partial charge is 0.326 e. The second-order valence-electron chi connectivity index (χ2n) is 7.60. The second-order valence-corrected chi connectivity index (χ2v) is 8.43. The number of rotatable bonds is 6. The maximum Gasteiger partial charge on any atom is 0.277 e. The standard InChI is InChI=1S/C24H22N4O3S/c1-14-4-6-18(7-5-14)21-13-32-24(26-21)28-23(31)20(15(2)27-28)12-22(30)25-19-10-8-17(9-11-19)16(3)29/h4-11,13,27H,12H2,1-3H3,(H,25,30). The Labute approximate surface area is 188 Å². The summed E-state index contributed by atoms with van der Waals surface area (Å²) >= 11 is 1.36. The van der Waals surface area contributed by atoms with E-state index in [1.807, 2.05) is 36.6 Å².